The third-order valence-electron chi connectivity index (χ3n) is 5.52. The van der Waals surface area contributed by atoms with Gasteiger partial charge in [-0.05, 0) is 80.6 Å². The van der Waals surface area contributed by atoms with E-state index in [2.05, 4.69) is 79.3 Å². The summed E-state index contributed by atoms with van der Waals surface area (Å²) in [5.74, 6) is 0. The normalized spacial score (nSPS) is 11.3. The number of benzene rings is 2. The highest BCUT2D eigenvalue weighted by atomic mass is 15.1. The zero-order valence-electron chi connectivity index (χ0n) is 19.3. The van der Waals surface area contributed by atoms with E-state index in [1.807, 2.05) is 18.5 Å². The van der Waals surface area contributed by atoms with Gasteiger partial charge >= 0.3 is 0 Å². The van der Waals surface area contributed by atoms with Crippen LogP contribution in [-0.2, 0) is 6.42 Å². The van der Waals surface area contributed by atoms with Crippen LogP contribution in [0.1, 0.15) is 31.4 Å². The Labute approximate surface area is 188 Å². The highest BCUT2D eigenvalue weighted by Crippen LogP contribution is 2.31. The predicted molar refractivity (Wildman–Crippen MR) is 137 cm³/mol. The Hall–Kier alpha value is -2.76. The minimum absolute atomic E-state index is 0.596. The minimum atomic E-state index is 0.596. The van der Waals surface area contributed by atoms with Crippen LogP contribution in [0.25, 0.3) is 17.2 Å². The first-order valence-corrected chi connectivity index (χ1v) is 11.1. The van der Waals surface area contributed by atoms with Gasteiger partial charge in [0.25, 0.3) is 0 Å². The molecule has 0 amide bonds. The molecule has 2 aromatic rings. The summed E-state index contributed by atoms with van der Waals surface area (Å²) in [6, 6.07) is 12.5. The molecule has 0 atom stereocenters. The third kappa shape index (κ3) is 7.16. The third-order valence-corrected chi connectivity index (χ3v) is 5.52. The van der Waals surface area contributed by atoms with E-state index in [1.54, 1.807) is 0 Å². The van der Waals surface area contributed by atoms with Gasteiger partial charge in [-0.2, -0.15) is 0 Å². The minimum Gasteiger partial charge on any atom is -0.366 e. The Bertz CT molecular complexity index is 883. The van der Waals surface area contributed by atoms with Gasteiger partial charge in [0.05, 0.1) is 17.7 Å². The fraction of sp³-hybridized carbons (Fsp3) is 0.385. The highest BCUT2D eigenvalue weighted by Gasteiger charge is 2.07. The lowest BCUT2D eigenvalue weighted by Gasteiger charge is -2.20. The van der Waals surface area contributed by atoms with Crippen molar-refractivity contribution in [2.45, 2.75) is 26.7 Å². The van der Waals surface area contributed by atoms with Crippen LogP contribution in [0.4, 0.5) is 11.4 Å². The second kappa shape index (κ2) is 12.8. The van der Waals surface area contributed by atoms with Crippen LogP contribution in [0.15, 0.2) is 53.0 Å². The summed E-state index contributed by atoms with van der Waals surface area (Å²) >= 11 is 0. The van der Waals surface area contributed by atoms with Crippen molar-refractivity contribution in [3.63, 3.8) is 0 Å². The van der Waals surface area contributed by atoms with E-state index in [4.69, 9.17) is 10.7 Å². The van der Waals surface area contributed by atoms with E-state index < -0.39 is 0 Å². The summed E-state index contributed by atoms with van der Waals surface area (Å²) < 4.78 is 0. The molecule has 2 N–H and O–H groups in total. The van der Waals surface area contributed by atoms with Gasteiger partial charge in [0.15, 0.2) is 0 Å². The van der Waals surface area contributed by atoms with Crippen molar-refractivity contribution in [2.24, 2.45) is 15.7 Å². The molecular formula is C26H37N5. The summed E-state index contributed by atoms with van der Waals surface area (Å²) in [4.78, 5) is 13.4. The molecule has 0 aliphatic heterocycles. The summed E-state index contributed by atoms with van der Waals surface area (Å²) in [6.45, 7) is 17.0. The Morgan fingerprint density at radius 2 is 1.71 bits per heavy atom. The molecule has 0 heterocycles. The molecule has 0 saturated heterocycles. The first-order valence-electron chi connectivity index (χ1n) is 11.1. The topological polar surface area (TPSA) is 57.2 Å². The molecule has 0 spiro atoms. The van der Waals surface area contributed by atoms with Crippen LogP contribution >= 0.6 is 0 Å². The summed E-state index contributed by atoms with van der Waals surface area (Å²) in [6.07, 6.45) is 5.68. The lowest BCUT2D eigenvalue weighted by molar-refractivity contribution is 0.289. The molecule has 5 heteroatoms. The molecule has 0 aliphatic rings. The SMILES string of the molecule is C=Cc1cc(-c2ccc(CCN)c(N=C)c2)ccc1N=CN(C)CCCN(CC)CC. The molecule has 0 fully saturated rings. The smallest absolute Gasteiger partial charge is 0.0909 e. The Kier molecular flexibility index (Phi) is 10.1. The fourth-order valence-corrected chi connectivity index (χ4v) is 3.57. The first kappa shape index (κ1) is 24.5. The second-order valence-corrected chi connectivity index (χ2v) is 7.62. The average Bonchev–Trinajstić information content (AvgIpc) is 2.80. The molecule has 2 aromatic carbocycles. The van der Waals surface area contributed by atoms with Gasteiger partial charge in [0.2, 0.25) is 0 Å². The Morgan fingerprint density at radius 3 is 2.35 bits per heavy atom. The zero-order valence-corrected chi connectivity index (χ0v) is 19.3. The number of rotatable bonds is 13. The maximum Gasteiger partial charge on any atom is 0.0909 e. The zero-order chi connectivity index (χ0) is 22.6. The quantitative estimate of drug-likeness (QED) is 0.361. The molecule has 5 nitrogen and oxygen atoms in total. The van der Waals surface area contributed by atoms with Crippen molar-refractivity contribution < 1.29 is 0 Å². The molecule has 0 unspecified atom stereocenters. The molecule has 0 aromatic heterocycles. The standard InChI is InChI=1S/C26H37N5/c1-6-21-18-23(24-11-10-22(14-15-27)26(19-24)28-4)12-13-25(21)29-20-30(5)16-9-17-31(7-2)8-3/h6,10-13,18-20H,1,4,7-9,14-17,27H2,2-3,5H3. The van der Waals surface area contributed by atoms with Gasteiger partial charge in [-0.15, -0.1) is 0 Å². The molecule has 166 valence electrons. The number of hydrogen-bond donors (Lipinski definition) is 1. The van der Waals surface area contributed by atoms with Crippen molar-refractivity contribution >= 4 is 30.5 Å². The summed E-state index contributed by atoms with van der Waals surface area (Å²) in [5.41, 5.74) is 11.8. The first-order chi connectivity index (χ1) is 15.1. The largest absolute Gasteiger partial charge is 0.366 e. The molecular weight excluding hydrogens is 382 g/mol. The van der Waals surface area contributed by atoms with Gasteiger partial charge in [-0.1, -0.05) is 44.7 Å². The monoisotopic (exact) mass is 419 g/mol. The van der Waals surface area contributed by atoms with Crippen LogP contribution in [0.3, 0.4) is 0 Å². The van der Waals surface area contributed by atoms with Crippen LogP contribution in [0.5, 0.6) is 0 Å². The number of aliphatic imine (C=N–C) groups is 2. The van der Waals surface area contributed by atoms with E-state index in [0.717, 1.165) is 72.6 Å². The van der Waals surface area contributed by atoms with E-state index in [1.165, 1.54) is 0 Å². The van der Waals surface area contributed by atoms with Gasteiger partial charge < -0.3 is 15.5 Å². The Balaban J connectivity index is 2.12. The van der Waals surface area contributed by atoms with Crippen molar-refractivity contribution in [1.82, 2.24) is 9.80 Å². The number of nitrogens with zero attached hydrogens (tertiary/aromatic N) is 4. The maximum atomic E-state index is 5.70. The van der Waals surface area contributed by atoms with E-state index >= 15 is 0 Å². The average molecular weight is 420 g/mol. The van der Waals surface area contributed by atoms with Gasteiger partial charge in [0.1, 0.15) is 0 Å². The lowest BCUT2D eigenvalue weighted by atomic mass is 9.98. The van der Waals surface area contributed by atoms with Crippen molar-refractivity contribution in [3.8, 4) is 11.1 Å². The highest BCUT2D eigenvalue weighted by molar-refractivity contribution is 5.77. The lowest BCUT2D eigenvalue weighted by Crippen LogP contribution is -2.27. The van der Waals surface area contributed by atoms with Gasteiger partial charge in [0, 0.05) is 19.2 Å². The van der Waals surface area contributed by atoms with Crippen molar-refractivity contribution in [3.05, 3.63) is 54.1 Å². The molecule has 0 saturated carbocycles. The molecule has 0 bridgehead atoms. The number of hydrogen-bond acceptors (Lipinski definition) is 4. The van der Waals surface area contributed by atoms with Crippen molar-refractivity contribution in [1.29, 1.82) is 0 Å². The van der Waals surface area contributed by atoms with Gasteiger partial charge in [-0.25, -0.2) is 4.99 Å². The van der Waals surface area contributed by atoms with Crippen LogP contribution in [0.2, 0.25) is 0 Å². The molecule has 2 rings (SSSR count). The van der Waals surface area contributed by atoms with Gasteiger partial charge in [-0.3, -0.25) is 4.99 Å². The molecule has 0 aliphatic carbocycles. The van der Waals surface area contributed by atoms with E-state index in [9.17, 15) is 0 Å². The van der Waals surface area contributed by atoms with Crippen LogP contribution < -0.4 is 5.73 Å². The van der Waals surface area contributed by atoms with Crippen molar-refractivity contribution in [2.75, 3.05) is 39.8 Å². The van der Waals surface area contributed by atoms with Crippen LogP contribution in [-0.4, -0.2) is 62.6 Å². The molecule has 31 heavy (non-hydrogen) atoms. The van der Waals surface area contributed by atoms with E-state index in [0.29, 0.717) is 6.54 Å². The predicted octanol–water partition coefficient (Wildman–Crippen LogP) is 5.15. The summed E-state index contributed by atoms with van der Waals surface area (Å²) in [5, 5.41) is 0. The van der Waals surface area contributed by atoms with Crippen LogP contribution in [0, 0.1) is 0 Å². The maximum absolute atomic E-state index is 5.70. The number of nitrogens with two attached hydrogens (primary N) is 1. The Morgan fingerprint density at radius 1 is 1.00 bits per heavy atom. The second-order valence-electron chi connectivity index (χ2n) is 7.62. The summed E-state index contributed by atoms with van der Waals surface area (Å²) in [7, 11) is 2.07. The molecule has 0 radical (unpaired) electrons. The fourth-order valence-electron chi connectivity index (χ4n) is 3.57. The van der Waals surface area contributed by atoms with E-state index in [-0.39, 0.29) is 0 Å².